The molecule has 31 heavy (non-hydrogen) atoms. The van der Waals surface area contributed by atoms with E-state index in [4.69, 9.17) is 9.15 Å². The molecule has 0 aliphatic carbocycles. The highest BCUT2D eigenvalue weighted by molar-refractivity contribution is 9.10. The van der Waals surface area contributed by atoms with Crippen molar-refractivity contribution >= 4 is 50.9 Å². The van der Waals surface area contributed by atoms with Crippen LogP contribution < -0.4 is 10.2 Å². The highest BCUT2D eigenvalue weighted by atomic mass is 79.9. The SMILES string of the molecule is O=C(CSc1nc2ccccc2o1)N/N=C\c1cccc(OCc2ccc(Br)cc2)c1. The number of oxazole rings is 1. The summed E-state index contributed by atoms with van der Waals surface area (Å²) in [5.74, 6) is 0.636. The number of para-hydroxylation sites is 2. The number of carbonyl (C=O) groups excluding carboxylic acids is 1. The van der Waals surface area contributed by atoms with E-state index in [1.807, 2.05) is 72.8 Å². The smallest absolute Gasteiger partial charge is 0.257 e. The topological polar surface area (TPSA) is 76.7 Å². The third kappa shape index (κ3) is 6.19. The summed E-state index contributed by atoms with van der Waals surface area (Å²) in [6.45, 7) is 0.470. The molecule has 0 fully saturated rings. The molecule has 0 atom stereocenters. The molecular formula is C23H18BrN3O3S. The second kappa shape index (κ2) is 10.3. The van der Waals surface area contributed by atoms with Crippen LogP contribution in [0.15, 0.2) is 92.0 Å². The first kappa shape index (κ1) is 21.1. The van der Waals surface area contributed by atoms with E-state index in [1.54, 1.807) is 6.21 Å². The fourth-order valence-electron chi connectivity index (χ4n) is 2.68. The van der Waals surface area contributed by atoms with E-state index in [0.29, 0.717) is 17.4 Å². The van der Waals surface area contributed by atoms with Crippen LogP contribution in [0.1, 0.15) is 11.1 Å². The highest BCUT2D eigenvalue weighted by Crippen LogP contribution is 2.22. The number of nitrogens with zero attached hydrogens (tertiary/aromatic N) is 2. The van der Waals surface area contributed by atoms with E-state index in [0.717, 1.165) is 26.9 Å². The number of nitrogens with one attached hydrogen (secondary N) is 1. The molecule has 0 spiro atoms. The summed E-state index contributed by atoms with van der Waals surface area (Å²) in [5, 5.41) is 4.47. The van der Waals surface area contributed by atoms with Crippen LogP contribution in [0.4, 0.5) is 0 Å². The minimum Gasteiger partial charge on any atom is -0.489 e. The van der Waals surface area contributed by atoms with Gasteiger partial charge >= 0.3 is 0 Å². The second-order valence-corrected chi connectivity index (χ2v) is 8.36. The zero-order chi connectivity index (χ0) is 21.5. The van der Waals surface area contributed by atoms with Gasteiger partial charge in [0.15, 0.2) is 5.58 Å². The molecule has 0 radical (unpaired) electrons. The van der Waals surface area contributed by atoms with Gasteiger partial charge in [0.25, 0.3) is 11.1 Å². The Morgan fingerprint density at radius 2 is 1.97 bits per heavy atom. The summed E-state index contributed by atoms with van der Waals surface area (Å²) in [6, 6.07) is 22.9. The van der Waals surface area contributed by atoms with Crippen molar-refractivity contribution in [3.05, 3.63) is 88.4 Å². The number of carbonyl (C=O) groups is 1. The summed E-state index contributed by atoms with van der Waals surface area (Å²) >= 11 is 4.64. The summed E-state index contributed by atoms with van der Waals surface area (Å²) in [4.78, 5) is 16.4. The number of hydrazone groups is 1. The van der Waals surface area contributed by atoms with Crippen LogP contribution in [0, 0.1) is 0 Å². The van der Waals surface area contributed by atoms with Gasteiger partial charge < -0.3 is 9.15 Å². The van der Waals surface area contributed by atoms with Gasteiger partial charge in [-0.1, -0.05) is 64.1 Å². The number of benzene rings is 3. The third-order valence-electron chi connectivity index (χ3n) is 4.18. The van der Waals surface area contributed by atoms with Crippen molar-refractivity contribution in [2.24, 2.45) is 5.10 Å². The molecule has 0 aliphatic rings. The molecule has 156 valence electrons. The van der Waals surface area contributed by atoms with Crippen molar-refractivity contribution in [3.63, 3.8) is 0 Å². The molecule has 4 aromatic rings. The monoisotopic (exact) mass is 495 g/mol. The van der Waals surface area contributed by atoms with Crippen LogP contribution in [0.2, 0.25) is 0 Å². The number of amides is 1. The van der Waals surface area contributed by atoms with Gasteiger partial charge in [0, 0.05) is 4.47 Å². The fourth-order valence-corrected chi connectivity index (χ4v) is 3.58. The average molecular weight is 496 g/mol. The van der Waals surface area contributed by atoms with Gasteiger partial charge in [-0.15, -0.1) is 0 Å². The first-order chi connectivity index (χ1) is 15.2. The summed E-state index contributed by atoms with van der Waals surface area (Å²) in [6.07, 6.45) is 1.58. The number of ether oxygens (including phenoxy) is 1. The Morgan fingerprint density at radius 3 is 2.81 bits per heavy atom. The number of rotatable bonds is 8. The van der Waals surface area contributed by atoms with Crippen LogP contribution >= 0.6 is 27.7 Å². The molecule has 1 heterocycles. The fraction of sp³-hybridized carbons (Fsp3) is 0.0870. The van der Waals surface area contributed by atoms with E-state index in [1.165, 1.54) is 11.8 Å². The third-order valence-corrected chi connectivity index (χ3v) is 5.54. The van der Waals surface area contributed by atoms with Crippen LogP contribution in [0.5, 0.6) is 5.75 Å². The highest BCUT2D eigenvalue weighted by Gasteiger charge is 2.08. The molecule has 8 heteroatoms. The molecular weight excluding hydrogens is 478 g/mol. The molecule has 0 unspecified atom stereocenters. The molecule has 1 aromatic heterocycles. The maximum absolute atomic E-state index is 12.0. The maximum Gasteiger partial charge on any atom is 0.257 e. The lowest BCUT2D eigenvalue weighted by Gasteiger charge is -2.07. The summed E-state index contributed by atoms with van der Waals surface area (Å²) in [5.41, 5.74) is 5.88. The summed E-state index contributed by atoms with van der Waals surface area (Å²) in [7, 11) is 0. The zero-order valence-electron chi connectivity index (χ0n) is 16.3. The van der Waals surface area contributed by atoms with Gasteiger partial charge in [-0.25, -0.2) is 10.4 Å². The molecule has 0 bridgehead atoms. The predicted octanol–water partition coefficient (Wildman–Crippen LogP) is 5.41. The Morgan fingerprint density at radius 1 is 1.13 bits per heavy atom. The Labute approximate surface area is 191 Å². The van der Waals surface area contributed by atoms with Crippen LogP contribution in [0.25, 0.3) is 11.1 Å². The molecule has 1 amide bonds. The number of hydrogen-bond acceptors (Lipinski definition) is 6. The molecule has 0 aliphatic heterocycles. The number of thioether (sulfide) groups is 1. The summed E-state index contributed by atoms with van der Waals surface area (Å²) < 4.78 is 12.4. The van der Waals surface area contributed by atoms with Crippen LogP contribution in [0.3, 0.4) is 0 Å². The van der Waals surface area contributed by atoms with Crippen molar-refractivity contribution in [1.29, 1.82) is 0 Å². The maximum atomic E-state index is 12.0. The van der Waals surface area contributed by atoms with Gasteiger partial charge in [0.05, 0.1) is 12.0 Å². The van der Waals surface area contributed by atoms with Gasteiger partial charge in [0.1, 0.15) is 17.9 Å². The number of aromatic nitrogens is 1. The van der Waals surface area contributed by atoms with E-state index in [9.17, 15) is 4.79 Å². The van der Waals surface area contributed by atoms with Crippen molar-refractivity contribution in [1.82, 2.24) is 10.4 Å². The zero-order valence-corrected chi connectivity index (χ0v) is 18.7. The van der Waals surface area contributed by atoms with Gasteiger partial charge in [0.2, 0.25) is 0 Å². The van der Waals surface area contributed by atoms with Gasteiger partial charge in [-0.3, -0.25) is 4.79 Å². The standard InChI is InChI=1S/C23H18BrN3O3S/c24-18-10-8-16(9-11-18)14-29-19-5-3-4-17(12-19)13-25-27-22(28)15-31-23-26-20-6-1-2-7-21(20)30-23/h1-13H,14-15H2,(H,27,28)/b25-13-. The molecule has 4 rings (SSSR count). The lowest BCUT2D eigenvalue weighted by Crippen LogP contribution is -2.19. The molecule has 1 N–H and O–H groups in total. The van der Waals surface area contributed by atoms with Crippen molar-refractivity contribution in [3.8, 4) is 5.75 Å². The Bertz CT molecular complexity index is 1180. The Hall–Kier alpha value is -3.10. The van der Waals surface area contributed by atoms with Gasteiger partial charge in [-0.05, 0) is 47.5 Å². The number of hydrogen-bond donors (Lipinski definition) is 1. The molecule has 0 saturated heterocycles. The number of fused-ring (bicyclic) bond motifs is 1. The van der Waals surface area contributed by atoms with E-state index in [-0.39, 0.29) is 11.7 Å². The number of halogens is 1. The lowest BCUT2D eigenvalue weighted by molar-refractivity contribution is -0.118. The predicted molar refractivity (Wildman–Crippen MR) is 125 cm³/mol. The van der Waals surface area contributed by atoms with Crippen LogP contribution in [-0.2, 0) is 11.4 Å². The quantitative estimate of drug-likeness (QED) is 0.201. The van der Waals surface area contributed by atoms with E-state index >= 15 is 0 Å². The normalized spacial score (nSPS) is 11.1. The lowest BCUT2D eigenvalue weighted by atomic mass is 10.2. The Balaban J connectivity index is 1.25. The van der Waals surface area contributed by atoms with Crippen LogP contribution in [-0.4, -0.2) is 22.9 Å². The Kier molecular flexibility index (Phi) is 7.01. The van der Waals surface area contributed by atoms with E-state index < -0.39 is 0 Å². The molecule has 6 nitrogen and oxygen atoms in total. The van der Waals surface area contributed by atoms with Crippen molar-refractivity contribution in [2.45, 2.75) is 11.8 Å². The van der Waals surface area contributed by atoms with Gasteiger partial charge in [-0.2, -0.15) is 5.10 Å². The van der Waals surface area contributed by atoms with Crippen molar-refractivity contribution in [2.75, 3.05) is 5.75 Å². The molecule has 0 saturated carbocycles. The average Bonchev–Trinajstić information content (AvgIpc) is 3.21. The molecule has 3 aromatic carbocycles. The minimum absolute atomic E-state index is 0.153. The first-order valence-corrected chi connectivity index (χ1v) is 11.2. The minimum atomic E-state index is -0.244. The second-order valence-electron chi connectivity index (χ2n) is 6.52. The largest absolute Gasteiger partial charge is 0.489 e. The van der Waals surface area contributed by atoms with Crippen molar-refractivity contribution < 1.29 is 13.9 Å². The first-order valence-electron chi connectivity index (χ1n) is 9.43. The van der Waals surface area contributed by atoms with E-state index in [2.05, 4.69) is 31.4 Å².